The van der Waals surface area contributed by atoms with E-state index >= 15 is 0 Å². The molecule has 1 aromatic heterocycles. The van der Waals surface area contributed by atoms with Crippen LogP contribution in [0.15, 0.2) is 30.5 Å². The molecule has 1 fully saturated rings. The molecule has 0 bridgehead atoms. The number of hydrogen-bond donors (Lipinski definition) is 1. The van der Waals surface area contributed by atoms with Crippen molar-refractivity contribution in [3.05, 3.63) is 46.1 Å². The van der Waals surface area contributed by atoms with Crippen molar-refractivity contribution in [3.8, 4) is 0 Å². The van der Waals surface area contributed by atoms with Gasteiger partial charge < -0.3 is 9.74 Å². The minimum absolute atomic E-state index is 0.0527. The molecule has 33 heavy (non-hydrogen) atoms. The quantitative estimate of drug-likeness (QED) is 0.355. The first-order chi connectivity index (χ1) is 15.5. The van der Waals surface area contributed by atoms with E-state index in [4.69, 9.17) is 27.6 Å². The Labute approximate surface area is 209 Å². The molecule has 3 rings (SSSR count). The summed E-state index contributed by atoms with van der Waals surface area (Å²) < 4.78 is 8.07. The molecule has 1 aliphatic carbocycles. The molecular weight excluding hydrogens is 473 g/mol. The molecule has 1 unspecified atom stereocenters. The number of hydrogen-bond acceptors (Lipinski definition) is 3. The van der Waals surface area contributed by atoms with Crippen LogP contribution in [0.3, 0.4) is 0 Å². The van der Waals surface area contributed by atoms with E-state index in [-0.39, 0.29) is 16.9 Å². The van der Waals surface area contributed by atoms with Gasteiger partial charge in [-0.3, -0.25) is 9.48 Å². The minimum Gasteiger partial charge on any atom is -0.415 e. The molecular formula is C25H37Cl2N3O2Si. The van der Waals surface area contributed by atoms with Gasteiger partial charge in [0.2, 0.25) is 5.91 Å². The summed E-state index contributed by atoms with van der Waals surface area (Å²) in [6.07, 6.45) is 7.52. The molecule has 1 heterocycles. The Morgan fingerprint density at radius 1 is 1.21 bits per heavy atom. The summed E-state index contributed by atoms with van der Waals surface area (Å²) in [4.78, 5) is 13.3. The molecule has 5 nitrogen and oxygen atoms in total. The normalized spacial score (nSPS) is 16.2. The molecule has 0 saturated heterocycles. The molecule has 0 radical (unpaired) electrons. The fourth-order valence-corrected chi connectivity index (χ4v) is 5.42. The van der Waals surface area contributed by atoms with E-state index in [2.05, 4.69) is 44.3 Å². The SMILES string of the molecule is CC(C)(C)[Si](C)(C)OCCn1ccc(NC(=O)C(CC2CCCC2)c2ccc(Cl)c(Cl)c2)n1. The maximum Gasteiger partial charge on any atom is 0.233 e. The highest BCUT2D eigenvalue weighted by atomic mass is 35.5. The zero-order valence-corrected chi connectivity index (χ0v) is 23.0. The average Bonchev–Trinajstić information content (AvgIpc) is 3.39. The zero-order chi connectivity index (χ0) is 24.2. The van der Waals surface area contributed by atoms with Crippen LogP contribution in [0.5, 0.6) is 0 Å². The number of carbonyl (C=O) groups is 1. The van der Waals surface area contributed by atoms with Crippen LogP contribution >= 0.6 is 23.2 Å². The van der Waals surface area contributed by atoms with Crippen molar-refractivity contribution in [2.45, 2.75) is 83.5 Å². The number of nitrogens with one attached hydrogen (secondary N) is 1. The lowest BCUT2D eigenvalue weighted by atomic mass is 9.87. The summed E-state index contributed by atoms with van der Waals surface area (Å²) in [5.41, 5.74) is 0.899. The van der Waals surface area contributed by atoms with E-state index in [9.17, 15) is 4.79 Å². The molecule has 182 valence electrons. The van der Waals surface area contributed by atoms with Crippen LogP contribution in [-0.2, 0) is 15.8 Å². The number of benzene rings is 1. The van der Waals surface area contributed by atoms with E-state index < -0.39 is 8.32 Å². The van der Waals surface area contributed by atoms with Gasteiger partial charge in [0, 0.05) is 12.3 Å². The predicted octanol–water partition coefficient (Wildman–Crippen LogP) is 7.51. The van der Waals surface area contributed by atoms with E-state index in [1.807, 2.05) is 29.1 Å². The maximum atomic E-state index is 13.3. The topological polar surface area (TPSA) is 56.1 Å². The third kappa shape index (κ3) is 7.07. The molecule has 1 saturated carbocycles. The first-order valence-corrected chi connectivity index (χ1v) is 15.6. The van der Waals surface area contributed by atoms with Crippen molar-refractivity contribution in [2.24, 2.45) is 5.92 Å². The van der Waals surface area contributed by atoms with E-state index in [1.54, 1.807) is 6.07 Å². The molecule has 0 aliphatic heterocycles. The van der Waals surface area contributed by atoms with E-state index in [0.29, 0.717) is 34.9 Å². The van der Waals surface area contributed by atoms with Gasteiger partial charge in [0.05, 0.1) is 29.1 Å². The first kappa shape index (κ1) is 26.3. The number of nitrogens with zero attached hydrogens (tertiary/aromatic N) is 2. The van der Waals surface area contributed by atoms with Crippen LogP contribution in [0.1, 0.15) is 64.4 Å². The first-order valence-electron chi connectivity index (χ1n) is 11.9. The third-order valence-electron chi connectivity index (χ3n) is 7.19. The summed E-state index contributed by atoms with van der Waals surface area (Å²) in [7, 11) is -1.79. The Balaban J connectivity index is 1.64. The summed E-state index contributed by atoms with van der Waals surface area (Å²) in [5.74, 6) is 0.780. The Morgan fingerprint density at radius 3 is 2.55 bits per heavy atom. The molecule has 1 aliphatic rings. The number of halogens is 2. The fourth-order valence-electron chi connectivity index (χ4n) is 4.08. The minimum atomic E-state index is -1.79. The number of amides is 1. The number of rotatable bonds is 9. The van der Waals surface area contributed by atoms with Gasteiger partial charge in [-0.2, -0.15) is 5.10 Å². The van der Waals surface area contributed by atoms with Gasteiger partial charge in [-0.1, -0.05) is 75.7 Å². The van der Waals surface area contributed by atoms with Crippen molar-refractivity contribution >= 4 is 43.2 Å². The summed E-state index contributed by atoms with van der Waals surface area (Å²) in [6, 6.07) is 7.33. The van der Waals surface area contributed by atoms with Gasteiger partial charge in [-0.15, -0.1) is 0 Å². The monoisotopic (exact) mass is 509 g/mol. The largest absolute Gasteiger partial charge is 0.415 e. The van der Waals surface area contributed by atoms with Crippen LogP contribution in [0.25, 0.3) is 0 Å². The van der Waals surface area contributed by atoms with Crippen LogP contribution in [0.2, 0.25) is 28.2 Å². The van der Waals surface area contributed by atoms with Gasteiger partial charge in [0.25, 0.3) is 0 Å². The number of carbonyl (C=O) groups excluding carboxylic acids is 1. The molecule has 2 aromatic rings. The van der Waals surface area contributed by atoms with E-state index in [1.165, 1.54) is 25.7 Å². The molecule has 1 aromatic carbocycles. The zero-order valence-electron chi connectivity index (χ0n) is 20.5. The maximum absolute atomic E-state index is 13.3. The van der Waals surface area contributed by atoms with Crippen molar-refractivity contribution in [1.29, 1.82) is 0 Å². The lowest BCUT2D eigenvalue weighted by Crippen LogP contribution is -2.41. The van der Waals surface area contributed by atoms with Crippen molar-refractivity contribution in [1.82, 2.24) is 9.78 Å². The fraction of sp³-hybridized carbons (Fsp3) is 0.600. The van der Waals surface area contributed by atoms with E-state index in [0.717, 1.165) is 12.0 Å². The predicted molar refractivity (Wildman–Crippen MR) is 140 cm³/mol. The molecule has 8 heteroatoms. The molecule has 1 amide bonds. The van der Waals surface area contributed by atoms with Gasteiger partial charge in [-0.05, 0) is 48.2 Å². The van der Waals surface area contributed by atoms with Crippen molar-refractivity contribution in [2.75, 3.05) is 11.9 Å². The molecule has 0 spiro atoms. The highest BCUT2D eigenvalue weighted by Crippen LogP contribution is 2.37. The number of aromatic nitrogens is 2. The molecule has 1 atom stereocenters. The van der Waals surface area contributed by atoms with Crippen LogP contribution in [0.4, 0.5) is 5.82 Å². The third-order valence-corrected chi connectivity index (χ3v) is 12.5. The number of anilines is 1. The summed E-state index contributed by atoms with van der Waals surface area (Å²) >= 11 is 12.4. The standard InChI is InChI=1S/C25H37Cl2N3O2Si/c1-25(2,3)33(4,5)32-15-14-30-13-12-23(29-30)28-24(31)20(16-18-8-6-7-9-18)19-10-11-21(26)22(27)17-19/h10-13,17-18,20H,6-9,14-16H2,1-5H3,(H,28,29,31). The Morgan fingerprint density at radius 2 is 1.91 bits per heavy atom. The molecule has 1 N–H and O–H groups in total. The van der Waals surface area contributed by atoms with Gasteiger partial charge in [0.15, 0.2) is 14.1 Å². The highest BCUT2D eigenvalue weighted by Gasteiger charge is 2.37. The van der Waals surface area contributed by atoms with Crippen LogP contribution < -0.4 is 5.32 Å². The van der Waals surface area contributed by atoms with Gasteiger partial charge in [0.1, 0.15) is 0 Å². The second-order valence-electron chi connectivity index (χ2n) is 10.7. The van der Waals surface area contributed by atoms with Gasteiger partial charge in [-0.25, -0.2) is 0 Å². The second kappa shape index (κ2) is 10.9. The Hall–Kier alpha value is -1.34. The van der Waals surface area contributed by atoms with Crippen LogP contribution in [-0.4, -0.2) is 30.6 Å². The lowest BCUT2D eigenvalue weighted by Gasteiger charge is -2.36. The van der Waals surface area contributed by atoms with Crippen LogP contribution in [0, 0.1) is 5.92 Å². The smallest absolute Gasteiger partial charge is 0.233 e. The van der Waals surface area contributed by atoms with Crippen molar-refractivity contribution in [3.63, 3.8) is 0 Å². The average molecular weight is 511 g/mol. The van der Waals surface area contributed by atoms with Crippen molar-refractivity contribution < 1.29 is 9.22 Å². The van der Waals surface area contributed by atoms with Gasteiger partial charge >= 0.3 is 0 Å². The second-order valence-corrected chi connectivity index (χ2v) is 16.3. The lowest BCUT2D eigenvalue weighted by molar-refractivity contribution is -0.118. The Kier molecular flexibility index (Phi) is 8.70. The summed E-state index contributed by atoms with van der Waals surface area (Å²) in [5, 5.41) is 8.72. The summed E-state index contributed by atoms with van der Waals surface area (Å²) in [6.45, 7) is 12.5. The highest BCUT2D eigenvalue weighted by molar-refractivity contribution is 6.74. The Bertz CT molecular complexity index is 949.